The predicted octanol–water partition coefficient (Wildman–Crippen LogP) is 5.59. The largest absolute Gasteiger partial charge is 0.492 e. The van der Waals surface area contributed by atoms with E-state index in [-0.39, 0.29) is 17.9 Å². The van der Waals surface area contributed by atoms with Gasteiger partial charge in [0, 0.05) is 48.7 Å². The Balaban J connectivity index is 1.23. The van der Waals surface area contributed by atoms with Gasteiger partial charge < -0.3 is 24.8 Å². The van der Waals surface area contributed by atoms with Gasteiger partial charge in [0.25, 0.3) is 0 Å². The van der Waals surface area contributed by atoms with E-state index in [1.165, 1.54) is 6.42 Å². The Bertz CT molecular complexity index is 1160. The Labute approximate surface area is 247 Å². The number of carbonyl (C=O) groups is 2. The van der Waals surface area contributed by atoms with Gasteiger partial charge in [0.2, 0.25) is 5.91 Å². The summed E-state index contributed by atoms with van der Waals surface area (Å²) in [5.74, 6) is 1.11. The molecule has 2 aromatic carbocycles. The van der Waals surface area contributed by atoms with Gasteiger partial charge in [-0.05, 0) is 93.4 Å². The molecule has 2 atom stereocenters. The van der Waals surface area contributed by atoms with Crippen LogP contribution in [0.25, 0.3) is 0 Å². The van der Waals surface area contributed by atoms with E-state index in [0.717, 1.165) is 68.6 Å². The number of piperidine rings is 1. The van der Waals surface area contributed by atoms with Gasteiger partial charge >= 0.3 is 6.03 Å². The first-order valence-electron chi connectivity index (χ1n) is 14.6. The van der Waals surface area contributed by atoms with Crippen LogP contribution in [-0.2, 0) is 11.2 Å². The first kappa shape index (κ1) is 29.0. The van der Waals surface area contributed by atoms with Crippen LogP contribution < -0.4 is 10.1 Å². The lowest BCUT2D eigenvalue weighted by Gasteiger charge is -2.35. The molecule has 3 amide bonds. The number of amides is 3. The summed E-state index contributed by atoms with van der Waals surface area (Å²) in [6.07, 6.45) is 6.46. The Morgan fingerprint density at radius 2 is 1.60 bits per heavy atom. The first-order valence-corrected chi connectivity index (χ1v) is 15.3. The van der Waals surface area contributed by atoms with Crippen molar-refractivity contribution >= 4 is 35.1 Å². The minimum atomic E-state index is -0.622. The van der Waals surface area contributed by atoms with Crippen LogP contribution in [-0.4, -0.2) is 85.1 Å². The number of halogens is 2. The molecule has 3 aliphatic rings. The Morgan fingerprint density at radius 3 is 2.27 bits per heavy atom. The molecule has 0 radical (unpaired) electrons. The molecule has 0 spiro atoms. The zero-order valence-corrected chi connectivity index (χ0v) is 24.8. The summed E-state index contributed by atoms with van der Waals surface area (Å²) in [6.45, 7) is 4.51. The molecule has 3 fully saturated rings. The van der Waals surface area contributed by atoms with E-state index < -0.39 is 6.04 Å². The Morgan fingerprint density at radius 1 is 0.900 bits per heavy atom. The first-order chi connectivity index (χ1) is 19.4. The molecule has 40 heavy (non-hydrogen) atoms. The smallest absolute Gasteiger partial charge is 0.318 e. The van der Waals surface area contributed by atoms with E-state index in [2.05, 4.69) is 23.3 Å². The van der Waals surface area contributed by atoms with E-state index >= 15 is 0 Å². The van der Waals surface area contributed by atoms with Gasteiger partial charge in [0.05, 0.1) is 0 Å². The fraction of sp³-hybridized carbons (Fsp3) is 0.548. The number of nitrogens with zero attached hydrogens (tertiary/aromatic N) is 3. The zero-order chi connectivity index (χ0) is 28.1. The highest BCUT2D eigenvalue weighted by Gasteiger charge is 2.32. The van der Waals surface area contributed by atoms with Gasteiger partial charge in [0.1, 0.15) is 18.4 Å². The van der Waals surface area contributed by atoms with E-state index in [0.29, 0.717) is 42.2 Å². The van der Waals surface area contributed by atoms with Gasteiger partial charge in [-0.15, -0.1) is 0 Å². The van der Waals surface area contributed by atoms with E-state index in [4.69, 9.17) is 27.9 Å². The molecule has 5 rings (SSSR count). The molecule has 9 heteroatoms. The van der Waals surface area contributed by atoms with E-state index in [9.17, 15) is 9.59 Å². The SMILES string of the molecule is CN1CCC[C@@H]1COc1cc(Cl)ccc1C1CCN(C(=O)[C@@H](Cc2ccc(Cl)cc2)NC(=O)N2CCCC2)CC1. The van der Waals surface area contributed by atoms with Crippen LogP contribution in [0.4, 0.5) is 4.79 Å². The molecular weight excluding hydrogens is 547 g/mol. The van der Waals surface area contributed by atoms with Crippen molar-refractivity contribution in [2.45, 2.75) is 62.9 Å². The van der Waals surface area contributed by atoms with Crippen molar-refractivity contribution in [1.29, 1.82) is 0 Å². The van der Waals surface area contributed by atoms with Crippen molar-refractivity contribution in [3.8, 4) is 5.75 Å². The molecule has 0 unspecified atom stereocenters. The number of likely N-dealkylation sites (N-methyl/N-ethyl adjacent to an activating group) is 1. The lowest BCUT2D eigenvalue weighted by molar-refractivity contribution is -0.134. The van der Waals surface area contributed by atoms with E-state index in [1.54, 1.807) is 4.90 Å². The maximum Gasteiger partial charge on any atom is 0.318 e. The third-order valence-electron chi connectivity index (χ3n) is 8.67. The monoisotopic (exact) mass is 586 g/mol. The summed E-state index contributed by atoms with van der Waals surface area (Å²) in [6, 6.07) is 13.1. The number of benzene rings is 2. The van der Waals surface area contributed by atoms with Gasteiger partial charge in [-0.2, -0.15) is 0 Å². The third-order valence-corrected chi connectivity index (χ3v) is 9.15. The molecule has 0 bridgehead atoms. The maximum atomic E-state index is 13.8. The highest BCUT2D eigenvalue weighted by Crippen LogP contribution is 2.36. The average molecular weight is 588 g/mol. The van der Waals surface area contributed by atoms with Crippen LogP contribution in [0.15, 0.2) is 42.5 Å². The lowest BCUT2D eigenvalue weighted by Crippen LogP contribution is -2.54. The standard InChI is InChI=1S/C31H40Cl2N4O3/c1-35-14-4-5-26(35)21-40-29-20-25(33)10-11-27(29)23-12-17-36(18-13-23)30(38)28(19-22-6-8-24(32)9-7-22)34-31(39)37-15-2-3-16-37/h6-11,20,23,26,28H,2-5,12-19,21H2,1H3,(H,34,39)/t26-,28-/m1/s1. The second kappa shape index (κ2) is 13.5. The highest BCUT2D eigenvalue weighted by molar-refractivity contribution is 6.31. The summed E-state index contributed by atoms with van der Waals surface area (Å²) in [7, 11) is 2.15. The van der Waals surface area contributed by atoms with Crippen molar-refractivity contribution in [2.75, 3.05) is 46.4 Å². The van der Waals surface area contributed by atoms with Crippen molar-refractivity contribution in [2.24, 2.45) is 0 Å². The van der Waals surface area contributed by atoms with Gasteiger partial charge in [-0.3, -0.25) is 4.79 Å². The van der Waals surface area contributed by atoms with Crippen LogP contribution in [0, 0.1) is 0 Å². The van der Waals surface area contributed by atoms with Crippen LogP contribution in [0.2, 0.25) is 10.0 Å². The molecule has 0 aromatic heterocycles. The highest BCUT2D eigenvalue weighted by atomic mass is 35.5. The molecule has 1 N–H and O–H groups in total. The predicted molar refractivity (Wildman–Crippen MR) is 159 cm³/mol. The second-order valence-electron chi connectivity index (χ2n) is 11.4. The fourth-order valence-corrected chi connectivity index (χ4v) is 6.48. The maximum absolute atomic E-state index is 13.8. The second-order valence-corrected chi connectivity index (χ2v) is 12.3. The topological polar surface area (TPSA) is 65.1 Å². The molecule has 7 nitrogen and oxygen atoms in total. The number of likely N-dealkylation sites (tertiary alicyclic amines) is 3. The summed E-state index contributed by atoms with van der Waals surface area (Å²) < 4.78 is 6.34. The van der Waals surface area contributed by atoms with E-state index in [1.807, 2.05) is 41.3 Å². The van der Waals surface area contributed by atoms with Gasteiger partial charge in [-0.1, -0.05) is 41.4 Å². The number of urea groups is 1. The number of carbonyl (C=O) groups excluding carboxylic acids is 2. The summed E-state index contributed by atoms with van der Waals surface area (Å²) in [5.41, 5.74) is 2.13. The molecule has 0 saturated carbocycles. The number of hydrogen-bond donors (Lipinski definition) is 1. The number of hydrogen-bond acceptors (Lipinski definition) is 4. The van der Waals surface area contributed by atoms with Crippen LogP contribution >= 0.6 is 23.2 Å². The number of nitrogens with one attached hydrogen (secondary N) is 1. The van der Waals surface area contributed by atoms with Gasteiger partial charge in [0.15, 0.2) is 0 Å². The third kappa shape index (κ3) is 7.23. The number of ether oxygens (including phenoxy) is 1. The molecule has 0 aliphatic carbocycles. The fourth-order valence-electron chi connectivity index (χ4n) is 6.19. The van der Waals surface area contributed by atoms with Crippen molar-refractivity contribution in [3.05, 3.63) is 63.6 Å². The summed E-state index contributed by atoms with van der Waals surface area (Å²) >= 11 is 12.4. The lowest BCUT2D eigenvalue weighted by atomic mass is 9.88. The summed E-state index contributed by atoms with van der Waals surface area (Å²) in [5, 5.41) is 4.37. The summed E-state index contributed by atoms with van der Waals surface area (Å²) in [4.78, 5) is 32.8. The molecule has 3 aliphatic heterocycles. The minimum absolute atomic E-state index is 0.0298. The average Bonchev–Trinajstić information content (AvgIpc) is 3.65. The Kier molecular flexibility index (Phi) is 9.76. The quantitative estimate of drug-likeness (QED) is 0.438. The van der Waals surface area contributed by atoms with Crippen molar-refractivity contribution in [3.63, 3.8) is 0 Å². The van der Waals surface area contributed by atoms with Gasteiger partial charge in [-0.25, -0.2) is 4.79 Å². The van der Waals surface area contributed by atoms with Crippen LogP contribution in [0.5, 0.6) is 5.75 Å². The minimum Gasteiger partial charge on any atom is -0.492 e. The Hall–Kier alpha value is -2.48. The number of rotatable bonds is 8. The molecule has 216 valence electrons. The molecule has 2 aromatic rings. The molecule has 3 heterocycles. The van der Waals surface area contributed by atoms with Crippen molar-refractivity contribution in [1.82, 2.24) is 20.0 Å². The van der Waals surface area contributed by atoms with Crippen LogP contribution in [0.1, 0.15) is 55.6 Å². The normalized spacial score (nSPS) is 21.0. The zero-order valence-electron chi connectivity index (χ0n) is 23.3. The molecule has 3 saturated heterocycles. The van der Waals surface area contributed by atoms with Crippen molar-refractivity contribution < 1.29 is 14.3 Å². The van der Waals surface area contributed by atoms with Crippen LogP contribution in [0.3, 0.4) is 0 Å². The molecular formula is C31H40Cl2N4O3.